The highest BCUT2D eigenvalue weighted by Gasteiger charge is 2.52. The maximum Gasteiger partial charge on any atom is 0.227 e. The number of imidazole rings is 1. The van der Waals surface area contributed by atoms with E-state index in [1.165, 1.54) is 77.6 Å². The van der Waals surface area contributed by atoms with Crippen molar-refractivity contribution in [2.45, 2.75) is 24.6 Å². The van der Waals surface area contributed by atoms with E-state index < -0.39 is 0 Å². The van der Waals surface area contributed by atoms with Gasteiger partial charge in [0.1, 0.15) is 5.82 Å². The van der Waals surface area contributed by atoms with Crippen LogP contribution in [0.2, 0.25) is 0 Å². The number of allylic oxidation sites excluding steroid dienone is 8. The van der Waals surface area contributed by atoms with E-state index in [1.54, 1.807) is 0 Å². The van der Waals surface area contributed by atoms with Gasteiger partial charge in [-0.25, -0.2) is 4.98 Å². The lowest BCUT2D eigenvalue weighted by Crippen LogP contribution is -2.58. The topological polar surface area (TPSA) is 22.8 Å². The summed E-state index contributed by atoms with van der Waals surface area (Å²) in [5, 5.41) is 4.13. The van der Waals surface area contributed by atoms with Gasteiger partial charge in [0.25, 0.3) is 0 Å². The van der Waals surface area contributed by atoms with E-state index in [4.69, 9.17) is 4.98 Å². The third-order valence-corrected chi connectivity index (χ3v) is 13.2. The van der Waals surface area contributed by atoms with E-state index in [1.807, 2.05) is 0 Å². The quantitative estimate of drug-likeness (QED) is 0.167. The van der Waals surface area contributed by atoms with E-state index in [-0.39, 0.29) is 12.5 Å². The standard InChI is InChI=1S/C49H34BN3/c1-3-13-29(14-4-1)34-27-41-46-42(28-34)53-48-39(51-49(53)31-16-5-2-6-17-31)26-33-19-9-12-22-37(33)45(48)50(46)38-25-32-18-8-11-21-36(32)44-43-35-20-10-7-15-30(35)23-24-40(43)52(41)47(38)44/h1-11,13-21,23-28,30,35,37,45H,12,22H2. The van der Waals surface area contributed by atoms with Gasteiger partial charge in [0.05, 0.1) is 11.4 Å². The smallest absolute Gasteiger partial charge is 0.227 e. The number of nitrogens with zero attached hydrogens (tertiary/aromatic N) is 3. The van der Waals surface area contributed by atoms with Crippen LogP contribution in [0.15, 0.2) is 151 Å². The van der Waals surface area contributed by atoms with Crippen molar-refractivity contribution in [1.82, 2.24) is 14.1 Å². The first-order chi connectivity index (χ1) is 26.3. The molecule has 4 unspecified atom stereocenters. The molecule has 4 atom stereocenters. The van der Waals surface area contributed by atoms with Gasteiger partial charge in [-0.15, -0.1) is 0 Å². The van der Waals surface area contributed by atoms with Crippen LogP contribution in [0.25, 0.3) is 67.7 Å². The normalized spacial score (nSPS) is 22.0. The average molecular weight is 676 g/mol. The van der Waals surface area contributed by atoms with Gasteiger partial charge in [0.15, 0.2) is 0 Å². The van der Waals surface area contributed by atoms with Gasteiger partial charge in [-0.05, 0) is 92.8 Å². The fourth-order valence-corrected chi connectivity index (χ4v) is 11.1. The molecule has 0 amide bonds. The third-order valence-electron chi connectivity index (χ3n) is 13.2. The summed E-state index contributed by atoms with van der Waals surface area (Å²) in [5.74, 6) is 2.37. The first kappa shape index (κ1) is 28.5. The van der Waals surface area contributed by atoms with E-state index >= 15 is 0 Å². The largest absolute Gasteiger partial charge is 0.310 e. The first-order valence-corrected chi connectivity index (χ1v) is 19.3. The monoisotopic (exact) mass is 675 g/mol. The zero-order chi connectivity index (χ0) is 34.4. The minimum Gasteiger partial charge on any atom is -0.310 e. The fraction of sp³-hybridized carbons (Fsp3) is 0.122. The minimum atomic E-state index is 0.189. The molecule has 5 aromatic carbocycles. The highest BCUT2D eigenvalue weighted by atomic mass is 15.1. The molecule has 4 aliphatic carbocycles. The van der Waals surface area contributed by atoms with Crippen molar-refractivity contribution in [1.29, 1.82) is 0 Å². The third kappa shape index (κ3) is 3.63. The Balaban J connectivity index is 1.24. The number of aromatic nitrogens is 3. The SMILES string of the molecule is C1=CC2C=Cc3c(c4c5ccccc5cc5c4n3-c3cc(-c4ccccc4)cc4c3B5C3c5c(nc(-c6ccccc6)n5-4)C=C4C=CCCC43)C2C=C1. The first-order valence-electron chi connectivity index (χ1n) is 19.3. The van der Waals surface area contributed by atoms with E-state index in [2.05, 4.69) is 167 Å². The molecule has 7 aromatic rings. The summed E-state index contributed by atoms with van der Waals surface area (Å²) in [6, 6.07) is 38.6. The summed E-state index contributed by atoms with van der Waals surface area (Å²) in [4.78, 5) is 5.57. The van der Waals surface area contributed by atoms with Crippen LogP contribution in [0.5, 0.6) is 0 Å². The van der Waals surface area contributed by atoms with Crippen molar-refractivity contribution in [2.24, 2.45) is 11.8 Å². The minimum absolute atomic E-state index is 0.189. The molecule has 13 rings (SSSR count). The van der Waals surface area contributed by atoms with Crippen LogP contribution in [-0.2, 0) is 0 Å². The van der Waals surface area contributed by atoms with E-state index in [9.17, 15) is 0 Å². The van der Waals surface area contributed by atoms with Gasteiger partial charge in [-0.2, -0.15) is 0 Å². The molecule has 0 saturated carbocycles. The molecule has 2 aromatic heterocycles. The van der Waals surface area contributed by atoms with Gasteiger partial charge in [0.2, 0.25) is 6.71 Å². The van der Waals surface area contributed by atoms with Crippen LogP contribution in [0.1, 0.15) is 47.2 Å². The Morgan fingerprint density at radius 3 is 2.36 bits per heavy atom. The van der Waals surface area contributed by atoms with Crippen LogP contribution in [0.4, 0.5) is 0 Å². The van der Waals surface area contributed by atoms with Gasteiger partial charge >= 0.3 is 0 Å². The fourth-order valence-electron chi connectivity index (χ4n) is 11.1. The Labute approximate surface area is 308 Å². The summed E-state index contributed by atoms with van der Waals surface area (Å²) in [6.07, 6.45) is 23.6. The second-order valence-electron chi connectivity index (χ2n) is 15.7. The number of hydrogen-bond acceptors (Lipinski definition) is 1. The number of fused-ring (bicyclic) bond motifs is 13. The van der Waals surface area contributed by atoms with Crippen molar-refractivity contribution in [3.05, 3.63) is 174 Å². The summed E-state index contributed by atoms with van der Waals surface area (Å²) < 4.78 is 5.26. The number of rotatable bonds is 2. The molecule has 4 heteroatoms. The predicted molar refractivity (Wildman–Crippen MR) is 220 cm³/mol. The Morgan fingerprint density at radius 2 is 1.49 bits per heavy atom. The van der Waals surface area contributed by atoms with Crippen molar-refractivity contribution in [2.75, 3.05) is 0 Å². The number of benzene rings is 5. The zero-order valence-corrected chi connectivity index (χ0v) is 29.2. The maximum absolute atomic E-state index is 5.57. The molecule has 53 heavy (non-hydrogen) atoms. The Kier molecular flexibility index (Phi) is 5.51. The maximum atomic E-state index is 5.57. The molecule has 0 fully saturated rings. The lowest BCUT2D eigenvalue weighted by Gasteiger charge is -2.44. The molecular formula is C49H34BN3. The summed E-state index contributed by atoms with van der Waals surface area (Å²) >= 11 is 0. The molecule has 0 spiro atoms. The van der Waals surface area contributed by atoms with Crippen LogP contribution in [0, 0.1) is 11.8 Å². The summed E-state index contributed by atoms with van der Waals surface area (Å²) in [5.41, 5.74) is 17.3. The Morgan fingerprint density at radius 1 is 0.717 bits per heavy atom. The molecule has 0 saturated heterocycles. The van der Waals surface area contributed by atoms with Gasteiger partial charge in [0, 0.05) is 45.4 Å². The lowest BCUT2D eigenvalue weighted by molar-refractivity contribution is 0.520. The van der Waals surface area contributed by atoms with Gasteiger partial charge in [-0.3, -0.25) is 4.57 Å². The lowest BCUT2D eigenvalue weighted by atomic mass is 9.27. The van der Waals surface area contributed by atoms with Gasteiger partial charge in [-0.1, -0.05) is 134 Å². The van der Waals surface area contributed by atoms with Gasteiger partial charge < -0.3 is 4.57 Å². The second-order valence-corrected chi connectivity index (χ2v) is 15.7. The summed E-state index contributed by atoms with van der Waals surface area (Å²) in [7, 11) is 0. The van der Waals surface area contributed by atoms with Crippen LogP contribution in [0.3, 0.4) is 0 Å². The molecular weight excluding hydrogens is 641 g/mol. The van der Waals surface area contributed by atoms with Crippen molar-refractivity contribution < 1.29 is 0 Å². The van der Waals surface area contributed by atoms with Crippen LogP contribution >= 0.6 is 0 Å². The average Bonchev–Trinajstić information content (AvgIpc) is 3.79. The van der Waals surface area contributed by atoms with Crippen molar-refractivity contribution in [3.8, 4) is 33.9 Å². The zero-order valence-electron chi connectivity index (χ0n) is 29.2. The van der Waals surface area contributed by atoms with E-state index in [0.717, 1.165) is 29.9 Å². The Bertz CT molecular complexity index is 2920. The molecule has 0 radical (unpaired) electrons. The molecule has 6 aliphatic rings. The molecule has 248 valence electrons. The van der Waals surface area contributed by atoms with Crippen LogP contribution in [-0.4, -0.2) is 20.8 Å². The van der Waals surface area contributed by atoms with Crippen molar-refractivity contribution >= 4 is 51.5 Å². The molecule has 2 aliphatic heterocycles. The number of hydrogen-bond donors (Lipinski definition) is 0. The summed E-state index contributed by atoms with van der Waals surface area (Å²) in [6.45, 7) is 0.189. The molecule has 0 bridgehead atoms. The van der Waals surface area contributed by atoms with Crippen molar-refractivity contribution in [3.63, 3.8) is 0 Å². The predicted octanol–water partition coefficient (Wildman–Crippen LogP) is 10.1. The van der Waals surface area contributed by atoms with E-state index in [0.29, 0.717) is 17.8 Å². The Hall–Kier alpha value is -6.13. The second kappa shape index (κ2) is 10.3. The molecule has 0 N–H and O–H groups in total. The highest BCUT2D eigenvalue weighted by Crippen LogP contribution is 2.53. The molecule has 3 nitrogen and oxygen atoms in total. The highest BCUT2D eigenvalue weighted by molar-refractivity contribution is 6.90. The molecule has 4 heterocycles. The van der Waals surface area contributed by atoms with Crippen LogP contribution < -0.4 is 10.9 Å².